The minimum absolute atomic E-state index is 0.150. The predicted octanol–water partition coefficient (Wildman–Crippen LogP) is 5.00. The predicted molar refractivity (Wildman–Crippen MR) is 95.1 cm³/mol. The van der Waals surface area contributed by atoms with Gasteiger partial charge in [0.25, 0.3) is 0 Å². The minimum atomic E-state index is 0.150. The Kier molecular flexibility index (Phi) is 5.21. The molecule has 4 heteroatoms. The average Bonchev–Trinajstić information content (AvgIpc) is 2.44. The van der Waals surface area contributed by atoms with Crippen LogP contribution in [0, 0.1) is 13.8 Å². The Morgan fingerprint density at radius 3 is 2.33 bits per heavy atom. The molecule has 2 N–H and O–H groups in total. The van der Waals surface area contributed by atoms with Crippen LogP contribution in [0.15, 0.2) is 42.5 Å². The zero-order chi connectivity index (χ0) is 15.4. The van der Waals surface area contributed by atoms with E-state index in [4.69, 9.17) is 23.8 Å². The molecule has 2 aromatic carbocycles. The van der Waals surface area contributed by atoms with E-state index in [1.54, 1.807) is 0 Å². The third kappa shape index (κ3) is 4.45. The third-order valence-corrected chi connectivity index (χ3v) is 3.95. The van der Waals surface area contributed by atoms with E-state index in [-0.39, 0.29) is 6.04 Å². The number of nitrogens with one attached hydrogen (secondary N) is 2. The number of halogens is 1. The fraction of sp³-hybridized carbons (Fsp3) is 0.235. The van der Waals surface area contributed by atoms with Gasteiger partial charge in [-0.2, -0.15) is 0 Å². The summed E-state index contributed by atoms with van der Waals surface area (Å²) in [6.07, 6.45) is 0. The smallest absolute Gasteiger partial charge is 0.171 e. The number of benzene rings is 2. The molecule has 0 radical (unpaired) electrons. The highest BCUT2D eigenvalue weighted by Gasteiger charge is 2.08. The summed E-state index contributed by atoms with van der Waals surface area (Å²) in [4.78, 5) is 0. The molecule has 0 aliphatic heterocycles. The molecular weight excluding hydrogens is 300 g/mol. The van der Waals surface area contributed by atoms with Gasteiger partial charge in [0.2, 0.25) is 0 Å². The number of hydrogen-bond acceptors (Lipinski definition) is 1. The van der Waals surface area contributed by atoms with Gasteiger partial charge in [-0.05, 0) is 73.9 Å². The van der Waals surface area contributed by atoms with Crippen LogP contribution < -0.4 is 10.6 Å². The zero-order valence-corrected chi connectivity index (χ0v) is 14.0. The standard InChI is InChI=1S/C17H19ClN2S/c1-11-4-5-14(10-12(11)2)13(3)19-17(21)20-16-8-6-15(18)7-9-16/h4-10,13H,1-3H3,(H2,19,20,21)/t13-/m1/s1. The first-order chi connectivity index (χ1) is 9.95. The maximum Gasteiger partial charge on any atom is 0.171 e. The molecule has 0 fully saturated rings. The summed E-state index contributed by atoms with van der Waals surface area (Å²) in [5.41, 5.74) is 4.73. The molecule has 0 unspecified atom stereocenters. The molecule has 2 aromatic rings. The third-order valence-electron chi connectivity index (χ3n) is 3.48. The molecule has 0 bridgehead atoms. The molecule has 0 heterocycles. The summed E-state index contributed by atoms with van der Waals surface area (Å²) in [5, 5.41) is 7.76. The zero-order valence-electron chi connectivity index (χ0n) is 12.4. The lowest BCUT2D eigenvalue weighted by Gasteiger charge is -2.18. The van der Waals surface area contributed by atoms with Gasteiger partial charge >= 0.3 is 0 Å². The van der Waals surface area contributed by atoms with Gasteiger partial charge in [-0.15, -0.1) is 0 Å². The maximum atomic E-state index is 5.86. The van der Waals surface area contributed by atoms with Crippen LogP contribution in [0.5, 0.6) is 0 Å². The van der Waals surface area contributed by atoms with Crippen molar-refractivity contribution in [3.63, 3.8) is 0 Å². The normalized spacial score (nSPS) is 11.8. The van der Waals surface area contributed by atoms with Crippen LogP contribution in [0.2, 0.25) is 5.02 Å². The molecule has 0 aliphatic carbocycles. The average molecular weight is 319 g/mol. The van der Waals surface area contributed by atoms with Crippen molar-refractivity contribution in [1.82, 2.24) is 5.32 Å². The molecule has 0 saturated carbocycles. The van der Waals surface area contributed by atoms with E-state index < -0.39 is 0 Å². The Labute approximate surface area is 136 Å². The highest BCUT2D eigenvalue weighted by molar-refractivity contribution is 7.80. The van der Waals surface area contributed by atoms with Gasteiger partial charge < -0.3 is 10.6 Å². The van der Waals surface area contributed by atoms with Crippen molar-refractivity contribution in [2.45, 2.75) is 26.8 Å². The summed E-state index contributed by atoms with van der Waals surface area (Å²) >= 11 is 11.2. The molecule has 2 rings (SSSR count). The van der Waals surface area contributed by atoms with Gasteiger partial charge in [0, 0.05) is 10.7 Å². The van der Waals surface area contributed by atoms with Gasteiger partial charge in [0.15, 0.2) is 5.11 Å². The highest BCUT2D eigenvalue weighted by atomic mass is 35.5. The quantitative estimate of drug-likeness (QED) is 0.778. The summed E-state index contributed by atoms with van der Waals surface area (Å²) in [7, 11) is 0. The molecule has 110 valence electrons. The van der Waals surface area contributed by atoms with E-state index in [1.807, 2.05) is 24.3 Å². The fourth-order valence-corrected chi connectivity index (χ4v) is 2.43. The van der Waals surface area contributed by atoms with Crippen molar-refractivity contribution < 1.29 is 0 Å². The van der Waals surface area contributed by atoms with Crippen molar-refractivity contribution >= 4 is 34.6 Å². The van der Waals surface area contributed by atoms with E-state index in [1.165, 1.54) is 16.7 Å². The molecule has 0 amide bonds. The lowest BCUT2D eigenvalue weighted by atomic mass is 10.0. The second-order valence-electron chi connectivity index (χ2n) is 5.17. The van der Waals surface area contributed by atoms with Gasteiger partial charge in [-0.1, -0.05) is 29.8 Å². The summed E-state index contributed by atoms with van der Waals surface area (Å²) in [6.45, 7) is 6.33. The SMILES string of the molecule is Cc1ccc([C@@H](C)NC(=S)Nc2ccc(Cl)cc2)cc1C. The maximum absolute atomic E-state index is 5.86. The first kappa shape index (κ1) is 15.8. The lowest BCUT2D eigenvalue weighted by molar-refractivity contribution is 0.721. The molecule has 2 nitrogen and oxygen atoms in total. The molecule has 0 aliphatic rings. The van der Waals surface area contributed by atoms with Crippen molar-refractivity contribution in [3.05, 3.63) is 64.2 Å². The van der Waals surface area contributed by atoms with Gasteiger partial charge in [-0.25, -0.2) is 0 Å². The largest absolute Gasteiger partial charge is 0.356 e. The fourth-order valence-electron chi connectivity index (χ4n) is 2.01. The van der Waals surface area contributed by atoms with Gasteiger partial charge in [0.1, 0.15) is 0 Å². The first-order valence-corrected chi connectivity index (χ1v) is 7.64. The summed E-state index contributed by atoms with van der Waals surface area (Å²) in [6, 6.07) is 14.1. The minimum Gasteiger partial charge on any atom is -0.356 e. The molecule has 0 spiro atoms. The summed E-state index contributed by atoms with van der Waals surface area (Å²) in [5.74, 6) is 0. The van der Waals surface area contributed by atoms with Crippen LogP contribution in [0.4, 0.5) is 5.69 Å². The van der Waals surface area contributed by atoms with E-state index >= 15 is 0 Å². The number of anilines is 1. The summed E-state index contributed by atoms with van der Waals surface area (Å²) < 4.78 is 0. The Bertz CT molecular complexity index is 638. The van der Waals surface area contributed by atoms with E-state index in [2.05, 4.69) is 49.6 Å². The molecule has 0 saturated heterocycles. The van der Waals surface area contributed by atoms with E-state index in [0.717, 1.165) is 5.69 Å². The van der Waals surface area contributed by atoms with Gasteiger partial charge in [0.05, 0.1) is 6.04 Å². The number of hydrogen-bond donors (Lipinski definition) is 2. The van der Waals surface area contributed by atoms with Crippen molar-refractivity contribution in [3.8, 4) is 0 Å². The van der Waals surface area contributed by atoms with E-state index in [9.17, 15) is 0 Å². The van der Waals surface area contributed by atoms with Crippen LogP contribution in [0.1, 0.15) is 29.7 Å². The number of thiocarbonyl (C=S) groups is 1. The van der Waals surface area contributed by atoms with Crippen molar-refractivity contribution in [2.75, 3.05) is 5.32 Å². The first-order valence-electron chi connectivity index (χ1n) is 6.86. The second kappa shape index (κ2) is 6.92. The second-order valence-corrected chi connectivity index (χ2v) is 6.02. The van der Waals surface area contributed by atoms with E-state index in [0.29, 0.717) is 10.1 Å². The Morgan fingerprint density at radius 1 is 1.05 bits per heavy atom. The Hall–Kier alpha value is -1.58. The van der Waals surface area contributed by atoms with Crippen molar-refractivity contribution in [1.29, 1.82) is 0 Å². The van der Waals surface area contributed by atoms with Crippen LogP contribution in [-0.4, -0.2) is 5.11 Å². The van der Waals surface area contributed by atoms with Gasteiger partial charge in [-0.3, -0.25) is 0 Å². The molecule has 0 aromatic heterocycles. The molecule has 21 heavy (non-hydrogen) atoms. The number of aryl methyl sites for hydroxylation is 2. The van der Waals surface area contributed by atoms with Crippen LogP contribution in [0.25, 0.3) is 0 Å². The topological polar surface area (TPSA) is 24.1 Å². The number of rotatable bonds is 3. The molecule has 1 atom stereocenters. The van der Waals surface area contributed by atoms with Crippen LogP contribution in [-0.2, 0) is 0 Å². The molecular formula is C17H19ClN2S. The lowest BCUT2D eigenvalue weighted by Crippen LogP contribution is -2.30. The van der Waals surface area contributed by atoms with Crippen molar-refractivity contribution in [2.24, 2.45) is 0 Å². The highest BCUT2D eigenvalue weighted by Crippen LogP contribution is 2.17. The van der Waals surface area contributed by atoms with Crippen LogP contribution in [0.3, 0.4) is 0 Å². The Balaban J connectivity index is 1.98. The van der Waals surface area contributed by atoms with Crippen LogP contribution >= 0.6 is 23.8 Å². The monoisotopic (exact) mass is 318 g/mol. The Morgan fingerprint density at radius 2 is 1.71 bits per heavy atom.